The number of nitrogens with one attached hydrogen (secondary N) is 1. The number of carbonyl (C=O) groups is 2. The molecule has 0 aliphatic heterocycles. The summed E-state index contributed by atoms with van der Waals surface area (Å²) in [6.45, 7) is 1.99. The Hall–Kier alpha value is -2.69. The van der Waals surface area contributed by atoms with Gasteiger partial charge >= 0.3 is 5.97 Å². The van der Waals surface area contributed by atoms with Crippen LogP contribution in [0.25, 0.3) is 0 Å². The minimum absolute atomic E-state index is 0.264. The van der Waals surface area contributed by atoms with E-state index in [9.17, 15) is 9.59 Å². The highest BCUT2D eigenvalue weighted by Crippen LogP contribution is 2.08. The first-order valence-electron chi connectivity index (χ1n) is 6.95. The number of aryl methyl sites for hydroxylation is 1. The molecule has 0 aliphatic carbocycles. The molecule has 2 rings (SSSR count). The summed E-state index contributed by atoms with van der Waals surface area (Å²) in [4.78, 5) is 28.0. The third-order valence-electron chi connectivity index (χ3n) is 3.25. The summed E-state index contributed by atoms with van der Waals surface area (Å²) in [7, 11) is 1.30. The summed E-state index contributed by atoms with van der Waals surface area (Å²) in [6, 6.07) is 12.1. The summed E-state index contributed by atoms with van der Waals surface area (Å²) in [5.41, 5.74) is 2.35. The molecular weight excluding hydrogens is 280 g/mol. The summed E-state index contributed by atoms with van der Waals surface area (Å²) in [5, 5.41) is 2.67. The second-order valence-electron chi connectivity index (χ2n) is 4.95. The van der Waals surface area contributed by atoms with E-state index in [1.54, 1.807) is 18.2 Å². The normalized spacial score (nSPS) is 11.5. The smallest absolute Gasteiger partial charge is 0.328 e. The van der Waals surface area contributed by atoms with Crippen LogP contribution in [0.1, 0.15) is 21.6 Å². The molecule has 0 unspecified atom stereocenters. The van der Waals surface area contributed by atoms with Gasteiger partial charge in [0.05, 0.1) is 7.11 Å². The Morgan fingerprint density at radius 3 is 2.50 bits per heavy atom. The first-order chi connectivity index (χ1) is 10.6. The summed E-state index contributed by atoms with van der Waals surface area (Å²) < 4.78 is 4.77. The molecule has 1 N–H and O–H groups in total. The number of methoxy groups -OCH3 is 1. The molecule has 1 atom stereocenters. The molecule has 1 heterocycles. The standard InChI is InChI=1S/C17H18N2O3/c1-12-6-8-13(9-7-12)11-15(17(21)22-2)19-16(20)14-5-3-4-10-18-14/h3-10,15H,11H2,1-2H3,(H,19,20)/t15-/m0/s1. The van der Waals surface area contributed by atoms with Gasteiger partial charge in [0.25, 0.3) is 5.91 Å². The van der Waals surface area contributed by atoms with Crippen LogP contribution in [0.4, 0.5) is 0 Å². The van der Waals surface area contributed by atoms with Gasteiger partial charge in [-0.2, -0.15) is 0 Å². The highest BCUT2D eigenvalue weighted by atomic mass is 16.5. The number of nitrogens with zero attached hydrogens (tertiary/aromatic N) is 1. The van der Waals surface area contributed by atoms with Gasteiger partial charge in [-0.15, -0.1) is 0 Å². The average Bonchev–Trinajstić information content (AvgIpc) is 2.56. The molecule has 1 amide bonds. The lowest BCUT2D eigenvalue weighted by atomic mass is 10.0. The van der Waals surface area contributed by atoms with E-state index in [2.05, 4.69) is 10.3 Å². The topological polar surface area (TPSA) is 68.3 Å². The van der Waals surface area contributed by atoms with Crippen molar-refractivity contribution in [2.75, 3.05) is 7.11 Å². The van der Waals surface area contributed by atoms with Crippen LogP contribution in [0.2, 0.25) is 0 Å². The molecule has 0 aliphatic rings. The van der Waals surface area contributed by atoms with Crippen molar-refractivity contribution in [3.05, 3.63) is 65.5 Å². The minimum atomic E-state index is -0.748. The van der Waals surface area contributed by atoms with Crippen molar-refractivity contribution in [3.63, 3.8) is 0 Å². The van der Waals surface area contributed by atoms with E-state index < -0.39 is 17.9 Å². The average molecular weight is 298 g/mol. The predicted molar refractivity (Wildman–Crippen MR) is 82.4 cm³/mol. The van der Waals surface area contributed by atoms with E-state index >= 15 is 0 Å². The van der Waals surface area contributed by atoms with Gasteiger partial charge in [-0.05, 0) is 24.6 Å². The van der Waals surface area contributed by atoms with Crippen LogP contribution in [-0.2, 0) is 16.0 Å². The molecule has 22 heavy (non-hydrogen) atoms. The third kappa shape index (κ3) is 4.15. The summed E-state index contributed by atoms with van der Waals surface area (Å²) in [6.07, 6.45) is 1.90. The largest absolute Gasteiger partial charge is 0.467 e. The Morgan fingerprint density at radius 1 is 1.18 bits per heavy atom. The number of benzene rings is 1. The molecule has 0 spiro atoms. The Balaban J connectivity index is 2.11. The number of pyridine rings is 1. The second-order valence-corrected chi connectivity index (χ2v) is 4.95. The van der Waals surface area contributed by atoms with Gasteiger partial charge in [0, 0.05) is 12.6 Å². The maximum Gasteiger partial charge on any atom is 0.328 e. The number of amides is 1. The Morgan fingerprint density at radius 2 is 1.91 bits per heavy atom. The van der Waals surface area contributed by atoms with Gasteiger partial charge in [-0.25, -0.2) is 4.79 Å². The lowest BCUT2D eigenvalue weighted by Gasteiger charge is -2.16. The zero-order chi connectivity index (χ0) is 15.9. The van der Waals surface area contributed by atoms with Crippen molar-refractivity contribution >= 4 is 11.9 Å². The Labute approximate surface area is 129 Å². The molecule has 0 saturated heterocycles. The lowest BCUT2D eigenvalue weighted by Crippen LogP contribution is -2.43. The first kappa shape index (κ1) is 15.7. The fourth-order valence-electron chi connectivity index (χ4n) is 2.02. The monoisotopic (exact) mass is 298 g/mol. The molecule has 0 fully saturated rings. The Kier molecular flexibility index (Phi) is 5.25. The van der Waals surface area contributed by atoms with Crippen molar-refractivity contribution in [1.82, 2.24) is 10.3 Å². The van der Waals surface area contributed by atoms with Crippen molar-refractivity contribution < 1.29 is 14.3 Å². The molecule has 1 aromatic heterocycles. The van der Waals surface area contributed by atoms with E-state index in [1.807, 2.05) is 31.2 Å². The van der Waals surface area contributed by atoms with Gasteiger partial charge in [0.15, 0.2) is 0 Å². The van der Waals surface area contributed by atoms with Gasteiger partial charge in [-0.1, -0.05) is 35.9 Å². The van der Waals surface area contributed by atoms with Crippen molar-refractivity contribution in [1.29, 1.82) is 0 Å². The molecule has 5 nitrogen and oxygen atoms in total. The zero-order valence-electron chi connectivity index (χ0n) is 12.6. The molecule has 114 valence electrons. The number of hydrogen-bond acceptors (Lipinski definition) is 4. The van der Waals surface area contributed by atoms with Gasteiger partial charge in [0.2, 0.25) is 0 Å². The molecule has 5 heteroatoms. The Bertz CT molecular complexity index is 639. The summed E-state index contributed by atoms with van der Waals surface area (Å²) >= 11 is 0. The maximum absolute atomic E-state index is 12.1. The highest BCUT2D eigenvalue weighted by molar-refractivity contribution is 5.95. The summed E-state index contributed by atoms with van der Waals surface area (Å²) in [5.74, 6) is -0.882. The van der Waals surface area contributed by atoms with E-state index in [-0.39, 0.29) is 5.69 Å². The van der Waals surface area contributed by atoms with Crippen LogP contribution < -0.4 is 5.32 Å². The molecule has 0 radical (unpaired) electrons. The van der Waals surface area contributed by atoms with Crippen molar-refractivity contribution in [2.45, 2.75) is 19.4 Å². The van der Waals surface area contributed by atoms with Crippen molar-refractivity contribution in [3.8, 4) is 0 Å². The fourth-order valence-corrected chi connectivity index (χ4v) is 2.02. The number of ether oxygens (including phenoxy) is 1. The number of aromatic nitrogens is 1. The van der Waals surface area contributed by atoms with Gasteiger partial charge in [-0.3, -0.25) is 9.78 Å². The number of esters is 1. The maximum atomic E-state index is 12.1. The van der Waals surface area contributed by atoms with Gasteiger partial charge < -0.3 is 10.1 Å². The van der Waals surface area contributed by atoms with Crippen LogP contribution in [0, 0.1) is 6.92 Å². The second kappa shape index (κ2) is 7.36. The van der Waals surface area contributed by atoms with E-state index in [0.29, 0.717) is 6.42 Å². The predicted octanol–water partition coefficient (Wildman–Crippen LogP) is 1.90. The van der Waals surface area contributed by atoms with Crippen molar-refractivity contribution in [2.24, 2.45) is 0 Å². The molecule has 1 aromatic carbocycles. The quantitative estimate of drug-likeness (QED) is 0.856. The number of carbonyl (C=O) groups excluding carboxylic acids is 2. The molecule has 0 saturated carbocycles. The fraction of sp³-hybridized carbons (Fsp3) is 0.235. The highest BCUT2D eigenvalue weighted by Gasteiger charge is 2.22. The molecule has 2 aromatic rings. The van der Waals surface area contributed by atoms with Crippen LogP contribution in [-0.4, -0.2) is 30.0 Å². The van der Waals surface area contributed by atoms with E-state index in [1.165, 1.54) is 13.3 Å². The lowest BCUT2D eigenvalue weighted by molar-refractivity contribution is -0.142. The first-order valence-corrected chi connectivity index (χ1v) is 6.95. The number of rotatable bonds is 5. The zero-order valence-corrected chi connectivity index (χ0v) is 12.6. The van der Waals surface area contributed by atoms with E-state index in [0.717, 1.165) is 11.1 Å². The SMILES string of the molecule is COC(=O)[C@H](Cc1ccc(C)cc1)NC(=O)c1ccccn1. The third-order valence-corrected chi connectivity index (χ3v) is 3.25. The van der Waals surface area contributed by atoms with E-state index in [4.69, 9.17) is 4.74 Å². The molecule has 0 bridgehead atoms. The number of hydrogen-bond donors (Lipinski definition) is 1. The van der Waals surface area contributed by atoms with Gasteiger partial charge in [0.1, 0.15) is 11.7 Å². The molecular formula is C17H18N2O3. The van der Waals surface area contributed by atoms with Crippen LogP contribution in [0.5, 0.6) is 0 Å². The van der Waals surface area contributed by atoms with Crippen LogP contribution in [0.3, 0.4) is 0 Å². The van der Waals surface area contributed by atoms with Crippen LogP contribution >= 0.6 is 0 Å². The van der Waals surface area contributed by atoms with Crippen LogP contribution in [0.15, 0.2) is 48.7 Å². The minimum Gasteiger partial charge on any atom is -0.467 e.